The van der Waals surface area contributed by atoms with Gasteiger partial charge in [0.05, 0.1) is 18.0 Å². The van der Waals surface area contributed by atoms with Crippen LogP contribution in [0.1, 0.15) is 46.6 Å². The Balaban J connectivity index is 1.36. The second-order valence-corrected chi connectivity index (χ2v) is 16.1. The minimum Gasteiger partial charge on any atom is -0.493 e. The van der Waals surface area contributed by atoms with Crippen LogP contribution in [0.15, 0.2) is 114 Å². The zero-order valence-corrected chi connectivity index (χ0v) is 31.5. The molecule has 0 aromatic heterocycles. The Morgan fingerprint density at radius 1 is 0.811 bits per heavy atom. The molecule has 280 valence electrons. The highest BCUT2D eigenvalue weighted by molar-refractivity contribution is 7.90. The highest BCUT2D eigenvalue weighted by Crippen LogP contribution is 2.28. The number of carbonyl (C=O) groups is 3. The lowest BCUT2D eigenvalue weighted by Gasteiger charge is -2.28. The van der Waals surface area contributed by atoms with E-state index in [0.717, 1.165) is 11.1 Å². The molecule has 11 nitrogen and oxygen atoms in total. The molecule has 4 aromatic carbocycles. The molecule has 4 aromatic rings. The SMILES string of the molecule is CC(C)COc1ccc(C[C@H](NC(=O)[C@@H]2C[C@H](Oc3ccc(-c4ccccc4)cc3)CN2C(=O)OC(C)(C)C)C(=O)NS(=O)(=O)c2ccccc2)cc1. The molecule has 0 saturated carbocycles. The summed E-state index contributed by atoms with van der Waals surface area (Å²) in [6.07, 6.45) is -1.23. The Morgan fingerprint density at radius 3 is 2.00 bits per heavy atom. The zero-order chi connectivity index (χ0) is 38.2. The van der Waals surface area contributed by atoms with Crippen molar-refractivity contribution in [2.75, 3.05) is 13.2 Å². The topological polar surface area (TPSA) is 140 Å². The van der Waals surface area contributed by atoms with Crippen molar-refractivity contribution >= 4 is 27.9 Å². The second kappa shape index (κ2) is 17.0. The van der Waals surface area contributed by atoms with Crippen LogP contribution < -0.4 is 19.5 Å². The summed E-state index contributed by atoms with van der Waals surface area (Å²) in [5.74, 6) is -0.0699. The monoisotopic (exact) mass is 741 g/mol. The van der Waals surface area contributed by atoms with Gasteiger partial charge in [-0.15, -0.1) is 0 Å². The van der Waals surface area contributed by atoms with Gasteiger partial charge in [-0.2, -0.15) is 0 Å². The number of likely N-dealkylation sites (tertiary alicyclic amines) is 1. The van der Waals surface area contributed by atoms with E-state index >= 15 is 0 Å². The van der Waals surface area contributed by atoms with E-state index in [4.69, 9.17) is 14.2 Å². The maximum absolute atomic E-state index is 14.1. The standard InChI is InChI=1S/C41H47N3O8S/c1-28(2)27-50-32-20-16-29(17-21-32)24-36(38(45)43-53(48,49)35-14-10-7-11-15-35)42-39(46)37-25-34(26-44(37)40(47)52-41(3,4)5)51-33-22-18-31(19-23-33)30-12-8-6-9-13-30/h6-23,28,34,36-37H,24-27H2,1-5H3,(H,42,46)(H,43,45)/t34-,36-,37-/m0/s1. The quantitative estimate of drug-likeness (QED) is 0.161. The van der Waals surface area contributed by atoms with Gasteiger partial charge in [-0.25, -0.2) is 17.9 Å². The molecule has 1 heterocycles. The fourth-order valence-electron chi connectivity index (χ4n) is 5.76. The number of rotatable bonds is 13. The molecule has 0 aliphatic carbocycles. The number of ether oxygens (including phenoxy) is 3. The van der Waals surface area contributed by atoms with Gasteiger partial charge in [0, 0.05) is 12.8 Å². The fourth-order valence-corrected chi connectivity index (χ4v) is 6.80. The minimum absolute atomic E-state index is 0.0425. The molecule has 1 fully saturated rings. The van der Waals surface area contributed by atoms with E-state index in [9.17, 15) is 22.8 Å². The van der Waals surface area contributed by atoms with Crippen molar-refractivity contribution in [1.82, 2.24) is 14.9 Å². The van der Waals surface area contributed by atoms with Gasteiger partial charge >= 0.3 is 6.09 Å². The predicted molar refractivity (Wildman–Crippen MR) is 202 cm³/mol. The van der Waals surface area contributed by atoms with Gasteiger partial charge in [-0.1, -0.05) is 86.6 Å². The van der Waals surface area contributed by atoms with Crippen molar-refractivity contribution in [3.63, 3.8) is 0 Å². The molecule has 2 N–H and O–H groups in total. The molecule has 53 heavy (non-hydrogen) atoms. The summed E-state index contributed by atoms with van der Waals surface area (Å²) in [7, 11) is -4.26. The van der Waals surface area contributed by atoms with Crippen LogP contribution in [0.4, 0.5) is 4.79 Å². The number of carbonyl (C=O) groups excluding carboxylic acids is 3. The summed E-state index contributed by atoms with van der Waals surface area (Å²) in [5, 5.41) is 2.74. The van der Waals surface area contributed by atoms with E-state index in [0.29, 0.717) is 29.6 Å². The molecule has 5 rings (SSSR count). The van der Waals surface area contributed by atoms with E-state index < -0.39 is 51.7 Å². The van der Waals surface area contributed by atoms with Gasteiger partial charge < -0.3 is 19.5 Å². The van der Waals surface area contributed by atoms with Crippen LogP contribution in [0, 0.1) is 5.92 Å². The Kier molecular flexibility index (Phi) is 12.5. The smallest absolute Gasteiger partial charge is 0.411 e. The Labute approximate surface area is 311 Å². The number of nitrogens with zero attached hydrogens (tertiary/aromatic N) is 1. The molecule has 12 heteroatoms. The number of sulfonamides is 1. The lowest BCUT2D eigenvalue weighted by molar-refractivity contribution is -0.130. The van der Waals surface area contributed by atoms with Crippen molar-refractivity contribution < 1.29 is 37.0 Å². The summed E-state index contributed by atoms with van der Waals surface area (Å²) < 4.78 is 46.1. The Hall–Kier alpha value is -5.36. The fraction of sp³-hybridized carbons (Fsp3) is 0.341. The van der Waals surface area contributed by atoms with Gasteiger partial charge in [0.1, 0.15) is 35.3 Å². The number of benzene rings is 4. The Morgan fingerprint density at radius 2 is 1.40 bits per heavy atom. The summed E-state index contributed by atoms with van der Waals surface area (Å²) in [4.78, 5) is 42.5. The third-order valence-corrected chi connectivity index (χ3v) is 9.69. The summed E-state index contributed by atoms with van der Waals surface area (Å²) in [6, 6.07) is 29.5. The van der Waals surface area contributed by atoms with E-state index in [1.807, 2.05) is 68.4 Å². The van der Waals surface area contributed by atoms with Crippen molar-refractivity contribution in [3.8, 4) is 22.6 Å². The summed E-state index contributed by atoms with van der Waals surface area (Å²) >= 11 is 0. The molecular weight excluding hydrogens is 695 g/mol. The highest BCUT2D eigenvalue weighted by Gasteiger charge is 2.43. The molecule has 3 atom stereocenters. The van der Waals surface area contributed by atoms with Crippen LogP contribution in [0.3, 0.4) is 0 Å². The van der Waals surface area contributed by atoms with Gasteiger partial charge in [0.2, 0.25) is 5.91 Å². The van der Waals surface area contributed by atoms with E-state index in [2.05, 4.69) is 10.0 Å². The van der Waals surface area contributed by atoms with Gasteiger partial charge in [-0.3, -0.25) is 14.5 Å². The van der Waals surface area contributed by atoms with E-state index in [-0.39, 0.29) is 24.3 Å². The molecule has 3 amide bonds. The predicted octanol–water partition coefficient (Wildman–Crippen LogP) is 6.38. The van der Waals surface area contributed by atoms with E-state index in [1.165, 1.54) is 17.0 Å². The van der Waals surface area contributed by atoms with Crippen LogP contribution in [0.25, 0.3) is 11.1 Å². The maximum atomic E-state index is 14.1. The van der Waals surface area contributed by atoms with Crippen LogP contribution in [-0.2, 0) is 30.8 Å². The van der Waals surface area contributed by atoms with Crippen LogP contribution in [0.2, 0.25) is 0 Å². The van der Waals surface area contributed by atoms with E-state index in [1.54, 1.807) is 63.2 Å². The normalized spacial score (nSPS) is 16.5. The maximum Gasteiger partial charge on any atom is 0.411 e. The lowest BCUT2D eigenvalue weighted by Crippen LogP contribution is -2.54. The molecule has 1 aliphatic heterocycles. The second-order valence-electron chi connectivity index (χ2n) is 14.4. The highest BCUT2D eigenvalue weighted by atomic mass is 32.2. The van der Waals surface area contributed by atoms with Gasteiger partial charge in [0.15, 0.2) is 0 Å². The summed E-state index contributed by atoms with van der Waals surface area (Å²) in [5.41, 5.74) is 1.87. The van der Waals surface area contributed by atoms with Crippen molar-refractivity contribution in [2.45, 2.75) is 76.1 Å². The Bertz CT molecular complexity index is 1950. The first-order valence-electron chi connectivity index (χ1n) is 17.6. The van der Waals surface area contributed by atoms with Crippen LogP contribution >= 0.6 is 0 Å². The number of nitrogens with one attached hydrogen (secondary N) is 2. The molecule has 1 aliphatic rings. The van der Waals surface area contributed by atoms with Crippen molar-refractivity contribution in [2.24, 2.45) is 5.92 Å². The van der Waals surface area contributed by atoms with Gasteiger partial charge in [0.25, 0.3) is 15.9 Å². The average Bonchev–Trinajstić information content (AvgIpc) is 3.55. The van der Waals surface area contributed by atoms with Crippen molar-refractivity contribution in [3.05, 3.63) is 115 Å². The third kappa shape index (κ3) is 11.1. The molecule has 0 unspecified atom stereocenters. The summed E-state index contributed by atoms with van der Waals surface area (Å²) in [6.45, 7) is 9.83. The molecule has 0 radical (unpaired) electrons. The lowest BCUT2D eigenvalue weighted by atomic mass is 10.0. The zero-order valence-electron chi connectivity index (χ0n) is 30.7. The number of hydrogen-bond donors (Lipinski definition) is 2. The number of amides is 3. The van der Waals surface area contributed by atoms with Gasteiger partial charge in [-0.05, 0) is 79.8 Å². The third-order valence-electron chi connectivity index (χ3n) is 8.33. The molecule has 1 saturated heterocycles. The first kappa shape index (κ1) is 38.9. The first-order chi connectivity index (χ1) is 25.2. The number of hydrogen-bond acceptors (Lipinski definition) is 8. The molecular formula is C41H47N3O8S. The molecule has 0 spiro atoms. The molecule has 0 bridgehead atoms. The first-order valence-corrected chi connectivity index (χ1v) is 19.1. The van der Waals surface area contributed by atoms with Crippen LogP contribution in [-0.4, -0.2) is 68.2 Å². The van der Waals surface area contributed by atoms with Crippen molar-refractivity contribution in [1.29, 1.82) is 0 Å². The van der Waals surface area contributed by atoms with Crippen LogP contribution in [0.5, 0.6) is 11.5 Å². The largest absolute Gasteiger partial charge is 0.493 e. The average molecular weight is 742 g/mol. The minimum atomic E-state index is -4.26.